The SMILES string of the molecule is CN(C)c1ccc([C@@H](CNS(=O)(=O)c2ccccc2)N2CCOCC2)cc1. The zero-order valence-corrected chi connectivity index (χ0v) is 16.7. The molecule has 0 aromatic heterocycles. The number of nitrogens with one attached hydrogen (secondary N) is 1. The Morgan fingerprint density at radius 3 is 2.26 bits per heavy atom. The van der Waals surface area contributed by atoms with Gasteiger partial charge in [0.25, 0.3) is 0 Å². The second kappa shape index (κ2) is 8.84. The maximum atomic E-state index is 12.6. The first-order valence-corrected chi connectivity index (χ1v) is 10.6. The van der Waals surface area contributed by atoms with Crippen LogP contribution in [-0.4, -0.2) is 60.3 Å². The second-order valence-corrected chi connectivity index (χ2v) is 8.58. The van der Waals surface area contributed by atoms with Crippen LogP contribution >= 0.6 is 0 Å². The van der Waals surface area contributed by atoms with Crippen LogP contribution < -0.4 is 9.62 Å². The van der Waals surface area contributed by atoms with Crippen LogP contribution in [0.4, 0.5) is 5.69 Å². The summed E-state index contributed by atoms with van der Waals surface area (Å²) in [4.78, 5) is 4.61. The third-order valence-electron chi connectivity index (χ3n) is 4.80. The number of morpholine rings is 1. The maximum absolute atomic E-state index is 12.6. The Bertz CT molecular complexity index is 817. The zero-order valence-electron chi connectivity index (χ0n) is 15.8. The molecule has 1 saturated heterocycles. The van der Waals surface area contributed by atoms with Crippen LogP contribution in [0, 0.1) is 0 Å². The molecule has 1 N–H and O–H groups in total. The number of sulfonamides is 1. The average molecular weight is 390 g/mol. The summed E-state index contributed by atoms with van der Waals surface area (Å²) in [7, 11) is 0.465. The van der Waals surface area contributed by atoms with E-state index in [4.69, 9.17) is 4.74 Å². The molecule has 0 aliphatic carbocycles. The summed E-state index contributed by atoms with van der Waals surface area (Å²) in [5.41, 5.74) is 2.21. The fraction of sp³-hybridized carbons (Fsp3) is 0.400. The molecule has 6 nitrogen and oxygen atoms in total. The summed E-state index contributed by atoms with van der Waals surface area (Å²) in [5, 5.41) is 0. The van der Waals surface area contributed by atoms with Crippen LogP contribution in [0.25, 0.3) is 0 Å². The molecule has 0 bridgehead atoms. The molecule has 2 aromatic rings. The minimum atomic E-state index is -3.54. The number of hydrogen-bond acceptors (Lipinski definition) is 5. The van der Waals surface area contributed by atoms with E-state index in [1.807, 2.05) is 25.1 Å². The highest BCUT2D eigenvalue weighted by Crippen LogP contribution is 2.24. The van der Waals surface area contributed by atoms with Gasteiger partial charge in [-0.15, -0.1) is 0 Å². The lowest BCUT2D eigenvalue weighted by Gasteiger charge is -2.35. The summed E-state index contributed by atoms with van der Waals surface area (Å²) in [5.74, 6) is 0. The van der Waals surface area contributed by atoms with Gasteiger partial charge in [-0.25, -0.2) is 13.1 Å². The van der Waals surface area contributed by atoms with E-state index in [1.165, 1.54) is 0 Å². The first-order chi connectivity index (χ1) is 13.0. The monoisotopic (exact) mass is 389 g/mol. The molecule has 2 aromatic carbocycles. The molecule has 7 heteroatoms. The molecule has 1 fully saturated rings. The molecule has 0 radical (unpaired) electrons. The van der Waals surface area contributed by atoms with Gasteiger partial charge in [-0.3, -0.25) is 4.90 Å². The van der Waals surface area contributed by atoms with Gasteiger partial charge in [0.2, 0.25) is 10.0 Å². The number of nitrogens with zero attached hydrogens (tertiary/aromatic N) is 2. The molecule has 146 valence electrons. The molecule has 3 rings (SSSR count). The minimum Gasteiger partial charge on any atom is -0.379 e. The predicted molar refractivity (Wildman–Crippen MR) is 108 cm³/mol. The van der Waals surface area contributed by atoms with Crippen molar-refractivity contribution in [3.8, 4) is 0 Å². The molecule has 0 spiro atoms. The molecular weight excluding hydrogens is 362 g/mol. The van der Waals surface area contributed by atoms with Crippen molar-refractivity contribution in [1.82, 2.24) is 9.62 Å². The van der Waals surface area contributed by atoms with E-state index in [0.29, 0.717) is 19.8 Å². The van der Waals surface area contributed by atoms with Gasteiger partial charge in [-0.1, -0.05) is 30.3 Å². The minimum absolute atomic E-state index is 0.0383. The van der Waals surface area contributed by atoms with Crippen LogP contribution in [0.1, 0.15) is 11.6 Å². The Hall–Kier alpha value is -1.93. The van der Waals surface area contributed by atoms with Gasteiger partial charge in [0.1, 0.15) is 0 Å². The third kappa shape index (κ3) is 5.07. The van der Waals surface area contributed by atoms with Crippen LogP contribution in [0.3, 0.4) is 0 Å². The molecule has 1 heterocycles. The number of ether oxygens (including phenoxy) is 1. The van der Waals surface area contributed by atoms with Crippen molar-refractivity contribution in [2.24, 2.45) is 0 Å². The summed E-state index contributed by atoms with van der Waals surface area (Å²) >= 11 is 0. The van der Waals surface area contributed by atoms with Crippen molar-refractivity contribution in [2.75, 3.05) is 51.8 Å². The van der Waals surface area contributed by atoms with E-state index in [9.17, 15) is 8.42 Å². The van der Waals surface area contributed by atoms with Crippen LogP contribution in [0.2, 0.25) is 0 Å². The molecule has 0 saturated carbocycles. The second-order valence-electron chi connectivity index (χ2n) is 6.82. The first-order valence-electron chi connectivity index (χ1n) is 9.11. The number of anilines is 1. The molecule has 1 aliphatic rings. The average Bonchev–Trinajstić information content (AvgIpc) is 2.70. The van der Waals surface area contributed by atoms with Crippen molar-refractivity contribution < 1.29 is 13.2 Å². The molecular formula is C20H27N3O3S. The number of hydrogen-bond donors (Lipinski definition) is 1. The van der Waals surface area contributed by atoms with E-state index < -0.39 is 10.0 Å². The fourth-order valence-electron chi connectivity index (χ4n) is 3.21. The summed E-state index contributed by atoms with van der Waals surface area (Å²) in [6.07, 6.45) is 0. The van der Waals surface area contributed by atoms with E-state index in [-0.39, 0.29) is 10.9 Å². The molecule has 1 atom stereocenters. The quantitative estimate of drug-likeness (QED) is 0.786. The van der Waals surface area contributed by atoms with E-state index >= 15 is 0 Å². The maximum Gasteiger partial charge on any atom is 0.240 e. The Kier molecular flexibility index (Phi) is 6.49. The summed E-state index contributed by atoms with van der Waals surface area (Å²) in [6.45, 7) is 3.22. The zero-order chi connectivity index (χ0) is 19.3. The third-order valence-corrected chi connectivity index (χ3v) is 6.24. The van der Waals surface area contributed by atoms with Crippen LogP contribution in [0.5, 0.6) is 0 Å². The lowest BCUT2D eigenvalue weighted by molar-refractivity contribution is 0.0172. The molecule has 0 unspecified atom stereocenters. The first kappa shape index (κ1) is 19.8. The largest absolute Gasteiger partial charge is 0.379 e. The highest BCUT2D eigenvalue weighted by molar-refractivity contribution is 7.89. The van der Waals surface area contributed by atoms with Crippen molar-refractivity contribution in [1.29, 1.82) is 0 Å². The van der Waals surface area contributed by atoms with E-state index in [1.54, 1.807) is 24.3 Å². The van der Waals surface area contributed by atoms with Gasteiger partial charge in [0.15, 0.2) is 0 Å². The summed E-state index contributed by atoms with van der Waals surface area (Å²) < 4.78 is 33.5. The smallest absolute Gasteiger partial charge is 0.240 e. The van der Waals surface area contributed by atoms with Crippen molar-refractivity contribution in [2.45, 2.75) is 10.9 Å². The van der Waals surface area contributed by atoms with Gasteiger partial charge in [0.05, 0.1) is 18.1 Å². The van der Waals surface area contributed by atoms with Gasteiger partial charge in [-0.2, -0.15) is 0 Å². The molecule has 1 aliphatic heterocycles. The number of rotatable bonds is 7. The lowest BCUT2D eigenvalue weighted by Crippen LogP contribution is -2.43. The van der Waals surface area contributed by atoms with Gasteiger partial charge in [-0.05, 0) is 29.8 Å². The highest BCUT2D eigenvalue weighted by atomic mass is 32.2. The van der Waals surface area contributed by atoms with Crippen molar-refractivity contribution >= 4 is 15.7 Å². The fourth-order valence-corrected chi connectivity index (χ4v) is 4.27. The van der Waals surface area contributed by atoms with Crippen LogP contribution in [0.15, 0.2) is 59.5 Å². The molecule has 27 heavy (non-hydrogen) atoms. The predicted octanol–water partition coefficient (Wildman–Crippen LogP) is 2.10. The Labute approximate surface area is 161 Å². The van der Waals surface area contributed by atoms with Crippen molar-refractivity contribution in [3.05, 3.63) is 60.2 Å². The Morgan fingerprint density at radius 2 is 1.67 bits per heavy atom. The van der Waals surface area contributed by atoms with E-state index in [0.717, 1.165) is 24.3 Å². The van der Waals surface area contributed by atoms with Gasteiger partial charge in [0, 0.05) is 45.5 Å². The van der Waals surface area contributed by atoms with Gasteiger partial charge < -0.3 is 9.64 Å². The van der Waals surface area contributed by atoms with Crippen molar-refractivity contribution in [3.63, 3.8) is 0 Å². The van der Waals surface area contributed by atoms with Gasteiger partial charge >= 0.3 is 0 Å². The van der Waals surface area contributed by atoms with Crippen LogP contribution in [-0.2, 0) is 14.8 Å². The lowest BCUT2D eigenvalue weighted by atomic mass is 10.0. The number of benzene rings is 2. The Morgan fingerprint density at radius 1 is 1.04 bits per heavy atom. The topological polar surface area (TPSA) is 61.9 Å². The molecule has 0 amide bonds. The Balaban J connectivity index is 1.80. The standard InChI is InChI=1S/C20H27N3O3S/c1-22(2)18-10-8-17(9-11-18)20(23-12-14-26-15-13-23)16-21-27(24,25)19-6-4-3-5-7-19/h3-11,20-21H,12-16H2,1-2H3/t20-/m1/s1. The normalized spacial score (nSPS) is 16.8. The van der Waals surface area contributed by atoms with E-state index in [2.05, 4.69) is 33.9 Å². The summed E-state index contributed by atoms with van der Waals surface area (Å²) in [6, 6.07) is 16.7. The highest BCUT2D eigenvalue weighted by Gasteiger charge is 2.25.